The summed E-state index contributed by atoms with van der Waals surface area (Å²) < 4.78 is 5.24. The van der Waals surface area contributed by atoms with Gasteiger partial charge in [-0.15, -0.1) is 0 Å². The molecule has 0 aliphatic carbocycles. The van der Waals surface area contributed by atoms with Gasteiger partial charge in [0.15, 0.2) is 5.82 Å². The fourth-order valence-corrected chi connectivity index (χ4v) is 2.57. The number of amides is 1. The zero-order valence-corrected chi connectivity index (χ0v) is 13.5. The van der Waals surface area contributed by atoms with Gasteiger partial charge in [-0.3, -0.25) is 4.79 Å². The van der Waals surface area contributed by atoms with Gasteiger partial charge in [0, 0.05) is 5.56 Å². The van der Waals surface area contributed by atoms with E-state index in [1.807, 2.05) is 67.6 Å². The van der Waals surface area contributed by atoms with E-state index in [-0.39, 0.29) is 18.4 Å². The highest BCUT2D eigenvalue weighted by Crippen LogP contribution is 2.20. The lowest BCUT2D eigenvalue weighted by Crippen LogP contribution is -2.29. The van der Waals surface area contributed by atoms with Crippen molar-refractivity contribution in [3.05, 3.63) is 72.1 Å². The maximum Gasteiger partial charge on any atom is 0.257 e. The van der Waals surface area contributed by atoms with Gasteiger partial charge in [-0.2, -0.15) is 4.98 Å². The summed E-state index contributed by atoms with van der Waals surface area (Å²) in [6.07, 6.45) is 0.733. The second-order valence-electron chi connectivity index (χ2n) is 5.47. The highest BCUT2D eigenvalue weighted by Gasteiger charge is 2.19. The Hall–Kier alpha value is -2.95. The molecule has 0 aliphatic heterocycles. The number of rotatable bonds is 6. The lowest BCUT2D eigenvalue weighted by Gasteiger charge is -2.14. The number of carbonyl (C=O) groups is 1. The van der Waals surface area contributed by atoms with Crippen LogP contribution in [0, 0.1) is 0 Å². The molecule has 0 aliphatic rings. The van der Waals surface area contributed by atoms with Crippen LogP contribution in [-0.4, -0.2) is 16.0 Å². The van der Waals surface area contributed by atoms with Crippen LogP contribution in [0.15, 0.2) is 65.2 Å². The SMILES string of the molecule is CCC(C(=O)NCc1noc(-c2ccccc2)n1)c1ccccc1. The second-order valence-corrected chi connectivity index (χ2v) is 5.47. The van der Waals surface area contributed by atoms with Crippen molar-refractivity contribution in [2.45, 2.75) is 25.8 Å². The first-order valence-electron chi connectivity index (χ1n) is 7.98. The van der Waals surface area contributed by atoms with Gasteiger partial charge in [0.05, 0.1) is 12.5 Å². The maximum atomic E-state index is 12.4. The molecule has 1 heterocycles. The third kappa shape index (κ3) is 3.68. The average molecular weight is 321 g/mol. The Bertz CT molecular complexity index is 785. The Balaban J connectivity index is 1.63. The molecule has 1 unspecified atom stereocenters. The molecule has 5 heteroatoms. The van der Waals surface area contributed by atoms with Crippen LogP contribution >= 0.6 is 0 Å². The Morgan fingerprint density at radius 2 is 1.75 bits per heavy atom. The Labute approximate surface area is 140 Å². The molecule has 0 saturated heterocycles. The van der Waals surface area contributed by atoms with E-state index in [4.69, 9.17) is 4.52 Å². The van der Waals surface area contributed by atoms with Gasteiger partial charge in [-0.05, 0) is 24.1 Å². The minimum absolute atomic E-state index is 0.0326. The van der Waals surface area contributed by atoms with Crippen molar-refractivity contribution in [1.82, 2.24) is 15.5 Å². The Morgan fingerprint density at radius 1 is 1.08 bits per heavy atom. The maximum absolute atomic E-state index is 12.4. The average Bonchev–Trinajstić information content (AvgIpc) is 3.11. The van der Waals surface area contributed by atoms with Gasteiger partial charge in [0.1, 0.15) is 0 Å². The van der Waals surface area contributed by atoms with Crippen molar-refractivity contribution in [3.8, 4) is 11.5 Å². The van der Waals surface area contributed by atoms with Crippen molar-refractivity contribution >= 4 is 5.91 Å². The molecule has 5 nitrogen and oxygen atoms in total. The van der Waals surface area contributed by atoms with Crippen LogP contribution in [0.1, 0.15) is 30.7 Å². The molecule has 0 saturated carbocycles. The first-order chi connectivity index (χ1) is 11.8. The fraction of sp³-hybridized carbons (Fsp3) is 0.211. The zero-order chi connectivity index (χ0) is 16.8. The number of hydrogen-bond donors (Lipinski definition) is 1. The van der Waals surface area contributed by atoms with Crippen LogP contribution in [0.5, 0.6) is 0 Å². The lowest BCUT2D eigenvalue weighted by molar-refractivity contribution is -0.122. The largest absolute Gasteiger partial charge is 0.348 e. The van der Waals surface area contributed by atoms with Crippen molar-refractivity contribution in [3.63, 3.8) is 0 Å². The molecule has 24 heavy (non-hydrogen) atoms. The molecule has 0 bridgehead atoms. The molecule has 3 rings (SSSR count). The highest BCUT2D eigenvalue weighted by molar-refractivity contribution is 5.83. The first-order valence-corrected chi connectivity index (χ1v) is 7.98. The van der Waals surface area contributed by atoms with Gasteiger partial charge >= 0.3 is 0 Å². The molecule has 1 amide bonds. The van der Waals surface area contributed by atoms with Crippen molar-refractivity contribution in [1.29, 1.82) is 0 Å². The van der Waals surface area contributed by atoms with E-state index in [9.17, 15) is 4.79 Å². The van der Waals surface area contributed by atoms with Crippen molar-refractivity contribution < 1.29 is 9.32 Å². The highest BCUT2D eigenvalue weighted by atomic mass is 16.5. The summed E-state index contributed by atoms with van der Waals surface area (Å²) in [5.41, 5.74) is 1.87. The predicted octanol–water partition coefficient (Wildman–Crippen LogP) is 3.55. The molecule has 1 atom stereocenters. The molecule has 1 N–H and O–H groups in total. The molecule has 2 aromatic carbocycles. The smallest absolute Gasteiger partial charge is 0.257 e. The van der Waals surface area contributed by atoms with Crippen LogP contribution in [0.3, 0.4) is 0 Å². The molecule has 3 aromatic rings. The van der Waals surface area contributed by atoms with E-state index < -0.39 is 0 Å². The van der Waals surface area contributed by atoms with E-state index in [2.05, 4.69) is 15.5 Å². The number of aromatic nitrogens is 2. The standard InChI is InChI=1S/C19H19N3O2/c1-2-16(14-9-5-3-6-10-14)18(23)20-13-17-21-19(24-22-17)15-11-7-4-8-12-15/h3-12,16H,2,13H2,1H3,(H,20,23). The quantitative estimate of drug-likeness (QED) is 0.754. The summed E-state index contributed by atoms with van der Waals surface area (Å²) >= 11 is 0. The van der Waals surface area contributed by atoms with Crippen LogP contribution in [0.4, 0.5) is 0 Å². The number of nitrogens with one attached hydrogen (secondary N) is 1. The van der Waals surface area contributed by atoms with E-state index >= 15 is 0 Å². The predicted molar refractivity (Wildman–Crippen MR) is 91.1 cm³/mol. The number of benzene rings is 2. The molecule has 0 radical (unpaired) electrons. The number of nitrogens with zero attached hydrogens (tertiary/aromatic N) is 2. The second kappa shape index (κ2) is 7.55. The van der Waals surface area contributed by atoms with E-state index in [1.165, 1.54) is 0 Å². The number of carbonyl (C=O) groups excluding carboxylic acids is 1. The molecule has 122 valence electrons. The summed E-state index contributed by atoms with van der Waals surface area (Å²) in [5.74, 6) is 0.710. The Morgan fingerprint density at radius 3 is 2.42 bits per heavy atom. The topological polar surface area (TPSA) is 68.0 Å². The van der Waals surface area contributed by atoms with Crippen LogP contribution in [0.2, 0.25) is 0 Å². The minimum Gasteiger partial charge on any atom is -0.348 e. The third-order valence-electron chi connectivity index (χ3n) is 3.84. The normalized spacial score (nSPS) is 11.9. The summed E-state index contributed by atoms with van der Waals surface area (Å²) in [6, 6.07) is 19.3. The van der Waals surface area contributed by atoms with Crippen molar-refractivity contribution in [2.24, 2.45) is 0 Å². The lowest BCUT2D eigenvalue weighted by atomic mass is 9.96. The van der Waals surface area contributed by atoms with E-state index in [1.54, 1.807) is 0 Å². The minimum atomic E-state index is -0.174. The van der Waals surface area contributed by atoms with Crippen LogP contribution < -0.4 is 5.32 Å². The molecule has 1 aromatic heterocycles. The zero-order valence-electron chi connectivity index (χ0n) is 13.5. The molecule has 0 spiro atoms. The van der Waals surface area contributed by atoms with Gasteiger partial charge < -0.3 is 9.84 Å². The van der Waals surface area contributed by atoms with Gasteiger partial charge in [-0.25, -0.2) is 0 Å². The van der Waals surface area contributed by atoms with Gasteiger partial charge in [0.2, 0.25) is 5.91 Å². The Kier molecular flexibility index (Phi) is 5.01. The third-order valence-corrected chi connectivity index (χ3v) is 3.84. The van der Waals surface area contributed by atoms with Crippen LogP contribution in [0.25, 0.3) is 11.5 Å². The van der Waals surface area contributed by atoms with Gasteiger partial charge in [0.25, 0.3) is 5.89 Å². The van der Waals surface area contributed by atoms with Crippen molar-refractivity contribution in [2.75, 3.05) is 0 Å². The van der Waals surface area contributed by atoms with Gasteiger partial charge in [-0.1, -0.05) is 60.6 Å². The van der Waals surface area contributed by atoms with Crippen LogP contribution in [-0.2, 0) is 11.3 Å². The number of hydrogen-bond acceptors (Lipinski definition) is 4. The van der Waals surface area contributed by atoms with E-state index in [0.29, 0.717) is 11.7 Å². The summed E-state index contributed by atoms with van der Waals surface area (Å²) in [4.78, 5) is 16.7. The van der Waals surface area contributed by atoms with E-state index in [0.717, 1.165) is 17.5 Å². The molecular formula is C19H19N3O2. The first kappa shape index (κ1) is 15.9. The molecule has 0 fully saturated rings. The summed E-state index contributed by atoms with van der Waals surface area (Å²) in [6.45, 7) is 2.25. The monoisotopic (exact) mass is 321 g/mol. The summed E-state index contributed by atoms with van der Waals surface area (Å²) in [5, 5.41) is 6.81. The summed E-state index contributed by atoms with van der Waals surface area (Å²) in [7, 11) is 0. The molecular weight excluding hydrogens is 302 g/mol. The fourth-order valence-electron chi connectivity index (χ4n) is 2.57.